The number of unbranched alkanes of at least 4 members (excludes halogenated alkanes) is 17. The molecule has 0 heterocycles. The van der Waals surface area contributed by atoms with Crippen molar-refractivity contribution in [2.45, 2.75) is 181 Å². The van der Waals surface area contributed by atoms with E-state index in [9.17, 15) is 0 Å². The predicted octanol–water partition coefficient (Wildman–Crippen LogP) is 14.7. The van der Waals surface area contributed by atoms with E-state index in [0.29, 0.717) is 0 Å². The summed E-state index contributed by atoms with van der Waals surface area (Å²) in [6, 6.07) is 31.7. The first-order chi connectivity index (χ1) is 26.5. The van der Waals surface area contributed by atoms with E-state index < -0.39 is 0 Å². The molecule has 4 N–H and O–H groups in total. The number of hydrogen-bond acceptors (Lipinski definition) is 2. The minimum Gasteiger partial charge on any atom is -0.399 e. The summed E-state index contributed by atoms with van der Waals surface area (Å²) in [5.74, 6) is 0. The topological polar surface area (TPSA) is 52.0 Å². The molecule has 0 spiro atoms. The fourth-order valence-electron chi connectivity index (χ4n) is 8.06. The van der Waals surface area contributed by atoms with Crippen LogP contribution in [-0.2, 0) is 38.5 Å². The van der Waals surface area contributed by atoms with Crippen LogP contribution in [0.4, 0.5) is 11.4 Å². The van der Waals surface area contributed by atoms with E-state index in [-0.39, 0.29) is 0 Å². The summed E-state index contributed by atoms with van der Waals surface area (Å²) in [4.78, 5) is 0. The second kappa shape index (κ2) is 26.3. The molecule has 0 atom stereocenters. The van der Waals surface area contributed by atoms with Gasteiger partial charge >= 0.3 is 0 Å². The van der Waals surface area contributed by atoms with Crippen molar-refractivity contribution in [3.63, 3.8) is 0 Å². The summed E-state index contributed by atoms with van der Waals surface area (Å²) in [6.07, 6.45) is 34.0. The molecule has 4 aromatic carbocycles. The van der Waals surface area contributed by atoms with E-state index in [2.05, 4.69) is 98.8 Å². The molecule has 2 nitrogen and oxygen atoms in total. The third kappa shape index (κ3) is 17.3. The van der Waals surface area contributed by atoms with E-state index >= 15 is 0 Å². The number of hydrogen-bond donors (Lipinski definition) is 2. The van der Waals surface area contributed by atoms with E-state index in [1.54, 1.807) is 0 Å². The Morgan fingerprint density at radius 1 is 0.296 bits per heavy atom. The first kappa shape index (κ1) is 43.2. The van der Waals surface area contributed by atoms with Gasteiger partial charge in [-0.25, -0.2) is 0 Å². The highest BCUT2D eigenvalue weighted by molar-refractivity contribution is 5.47. The van der Waals surface area contributed by atoms with Crippen molar-refractivity contribution >= 4 is 11.4 Å². The fraction of sp³-hybridized carbons (Fsp3) is 0.538. The standard InChI is InChI=1S/C52H76N2/c1-3-5-25-47-41-51(53)37-35-49(47)39-45-31-27-43(28-32-45)23-21-19-17-15-13-11-9-7-8-10-12-14-16-18-20-22-24-44-29-33-46(34-30-44)40-50-36-38-52(54)42-48(50)26-6-4-2/h27-38,41-42H,3-26,39-40,53-54H2,1-2H3. The Morgan fingerprint density at radius 2 is 0.593 bits per heavy atom. The van der Waals surface area contributed by atoms with Gasteiger partial charge in [-0.15, -0.1) is 0 Å². The molecule has 4 rings (SSSR count). The second-order valence-electron chi connectivity index (χ2n) is 16.4. The van der Waals surface area contributed by atoms with Crippen LogP contribution in [0.25, 0.3) is 0 Å². The predicted molar refractivity (Wildman–Crippen MR) is 239 cm³/mol. The molecule has 0 bridgehead atoms. The first-order valence-electron chi connectivity index (χ1n) is 22.4. The lowest BCUT2D eigenvalue weighted by Gasteiger charge is -2.11. The van der Waals surface area contributed by atoms with Crippen LogP contribution >= 0.6 is 0 Å². The average molecular weight is 729 g/mol. The third-order valence-electron chi connectivity index (χ3n) is 11.6. The molecule has 4 aromatic rings. The number of nitrogen functional groups attached to an aromatic ring is 2. The summed E-state index contributed by atoms with van der Waals surface area (Å²) >= 11 is 0. The van der Waals surface area contributed by atoms with Crippen molar-refractivity contribution in [1.82, 2.24) is 0 Å². The molecule has 0 amide bonds. The van der Waals surface area contributed by atoms with Gasteiger partial charge in [-0.05, 0) is 133 Å². The maximum Gasteiger partial charge on any atom is 0.0316 e. The molecule has 294 valence electrons. The van der Waals surface area contributed by atoms with Gasteiger partial charge in [0.2, 0.25) is 0 Å². The van der Waals surface area contributed by atoms with Gasteiger partial charge in [0.25, 0.3) is 0 Å². The summed E-state index contributed by atoms with van der Waals surface area (Å²) in [7, 11) is 0. The zero-order chi connectivity index (χ0) is 38.1. The maximum absolute atomic E-state index is 6.08. The van der Waals surface area contributed by atoms with Crippen molar-refractivity contribution in [3.8, 4) is 0 Å². The molecule has 0 fully saturated rings. The Balaban J connectivity index is 0.917. The molecule has 54 heavy (non-hydrogen) atoms. The van der Waals surface area contributed by atoms with Gasteiger partial charge < -0.3 is 11.5 Å². The normalized spacial score (nSPS) is 11.4. The van der Waals surface area contributed by atoms with Gasteiger partial charge in [0, 0.05) is 11.4 Å². The van der Waals surface area contributed by atoms with E-state index in [1.165, 1.54) is 186 Å². The highest BCUT2D eigenvalue weighted by atomic mass is 14.5. The summed E-state index contributed by atoms with van der Waals surface area (Å²) in [5, 5.41) is 0. The highest BCUT2D eigenvalue weighted by Gasteiger charge is 2.07. The molecule has 2 heteroatoms. The molecule has 0 aliphatic heterocycles. The largest absolute Gasteiger partial charge is 0.399 e. The quantitative estimate of drug-likeness (QED) is 0.0432. The van der Waals surface area contributed by atoms with E-state index in [0.717, 1.165) is 37.1 Å². The minimum atomic E-state index is 0.885. The minimum absolute atomic E-state index is 0.885. The van der Waals surface area contributed by atoms with Crippen LogP contribution in [-0.4, -0.2) is 0 Å². The van der Waals surface area contributed by atoms with Gasteiger partial charge in [-0.1, -0.05) is 177 Å². The number of benzene rings is 4. The van der Waals surface area contributed by atoms with Crippen molar-refractivity contribution in [1.29, 1.82) is 0 Å². The van der Waals surface area contributed by atoms with Crippen LogP contribution < -0.4 is 11.5 Å². The molecule has 0 radical (unpaired) electrons. The zero-order valence-electron chi connectivity index (χ0n) is 34.6. The Labute approximate surface area is 332 Å². The summed E-state index contributed by atoms with van der Waals surface area (Å²) in [5.41, 5.74) is 25.4. The van der Waals surface area contributed by atoms with Crippen LogP contribution in [0, 0.1) is 0 Å². The molecule has 0 aliphatic carbocycles. The van der Waals surface area contributed by atoms with Crippen LogP contribution in [0.3, 0.4) is 0 Å². The van der Waals surface area contributed by atoms with Crippen LogP contribution in [0.1, 0.15) is 187 Å². The van der Waals surface area contributed by atoms with Crippen molar-refractivity contribution in [3.05, 3.63) is 129 Å². The first-order valence-corrected chi connectivity index (χ1v) is 22.4. The number of rotatable bonds is 29. The number of anilines is 2. The summed E-state index contributed by atoms with van der Waals surface area (Å²) < 4.78 is 0. The van der Waals surface area contributed by atoms with Gasteiger partial charge in [-0.3, -0.25) is 0 Å². The van der Waals surface area contributed by atoms with E-state index in [1.807, 2.05) is 0 Å². The lowest BCUT2D eigenvalue weighted by molar-refractivity contribution is 0.528. The smallest absolute Gasteiger partial charge is 0.0316 e. The van der Waals surface area contributed by atoms with Crippen molar-refractivity contribution < 1.29 is 0 Å². The third-order valence-corrected chi connectivity index (χ3v) is 11.6. The molecule has 0 aliphatic rings. The van der Waals surface area contributed by atoms with Gasteiger partial charge in [0.05, 0.1) is 0 Å². The second-order valence-corrected chi connectivity index (χ2v) is 16.4. The molecular formula is C52H76N2. The highest BCUT2D eigenvalue weighted by Crippen LogP contribution is 2.23. The average Bonchev–Trinajstić information content (AvgIpc) is 3.18. The van der Waals surface area contributed by atoms with Crippen LogP contribution in [0.2, 0.25) is 0 Å². The Bertz CT molecular complexity index is 1430. The lowest BCUT2D eigenvalue weighted by Crippen LogP contribution is -1.98. The SMILES string of the molecule is CCCCc1cc(N)ccc1Cc1ccc(CCCCCCCCCCCCCCCCCCc2ccc(Cc3ccc(N)cc3CCCC)cc2)cc1. The number of nitrogens with two attached hydrogens (primary N) is 2. The summed E-state index contributed by atoms with van der Waals surface area (Å²) in [6.45, 7) is 4.51. The number of aryl methyl sites for hydroxylation is 4. The van der Waals surface area contributed by atoms with Crippen molar-refractivity contribution in [2.24, 2.45) is 0 Å². The van der Waals surface area contributed by atoms with Crippen LogP contribution in [0.15, 0.2) is 84.9 Å². The molecule has 0 saturated heterocycles. The van der Waals surface area contributed by atoms with Gasteiger partial charge in [0.1, 0.15) is 0 Å². The molecule has 0 saturated carbocycles. The van der Waals surface area contributed by atoms with Crippen molar-refractivity contribution in [2.75, 3.05) is 11.5 Å². The van der Waals surface area contributed by atoms with Gasteiger partial charge in [-0.2, -0.15) is 0 Å². The Hall–Kier alpha value is -3.52. The maximum atomic E-state index is 6.08. The molecular weight excluding hydrogens is 653 g/mol. The van der Waals surface area contributed by atoms with E-state index in [4.69, 9.17) is 11.5 Å². The molecule has 0 unspecified atom stereocenters. The van der Waals surface area contributed by atoms with Gasteiger partial charge in [0.15, 0.2) is 0 Å². The van der Waals surface area contributed by atoms with Crippen LogP contribution in [0.5, 0.6) is 0 Å². The Kier molecular flexibility index (Phi) is 21.1. The monoisotopic (exact) mass is 729 g/mol. The fourth-order valence-corrected chi connectivity index (χ4v) is 8.06. The Morgan fingerprint density at radius 3 is 0.907 bits per heavy atom. The molecule has 0 aromatic heterocycles. The zero-order valence-corrected chi connectivity index (χ0v) is 34.6. The lowest BCUT2D eigenvalue weighted by atomic mass is 9.95.